The maximum absolute atomic E-state index is 11.9. The predicted molar refractivity (Wildman–Crippen MR) is 58.2 cm³/mol. The first-order chi connectivity index (χ1) is 7.77. The van der Waals surface area contributed by atoms with Gasteiger partial charge in [-0.25, -0.2) is 0 Å². The van der Waals surface area contributed by atoms with Gasteiger partial charge in [0.1, 0.15) is 0 Å². The first-order valence-electron chi connectivity index (χ1n) is 5.66. The molecular weight excluding hydrogens is 202 g/mol. The van der Waals surface area contributed by atoms with Crippen LogP contribution >= 0.6 is 0 Å². The summed E-state index contributed by atoms with van der Waals surface area (Å²) in [5.74, 6) is 0.0580. The smallest absolute Gasteiger partial charge is 0.233 e. The van der Waals surface area contributed by atoms with E-state index in [1.807, 2.05) is 30.3 Å². The van der Waals surface area contributed by atoms with Gasteiger partial charge in [0.05, 0.1) is 18.4 Å². The molecule has 0 N–H and O–H groups in total. The van der Waals surface area contributed by atoms with E-state index in [0.717, 1.165) is 18.4 Å². The molecule has 16 heavy (non-hydrogen) atoms. The molecule has 1 aromatic carbocycles. The third-order valence-electron chi connectivity index (χ3n) is 3.62. The normalized spacial score (nSPS) is 27.9. The first kappa shape index (κ1) is 9.58. The van der Waals surface area contributed by atoms with E-state index < -0.39 is 0 Å². The Bertz CT molecular complexity index is 419. The maximum Gasteiger partial charge on any atom is 0.233 e. The van der Waals surface area contributed by atoms with Gasteiger partial charge in [-0.2, -0.15) is 0 Å². The minimum Gasteiger partial charge on any atom is -0.278 e. The zero-order valence-corrected chi connectivity index (χ0v) is 8.93. The quantitative estimate of drug-likeness (QED) is 0.702. The second kappa shape index (κ2) is 3.44. The Hall–Kier alpha value is -1.64. The van der Waals surface area contributed by atoms with Gasteiger partial charge in [-0.1, -0.05) is 30.3 Å². The summed E-state index contributed by atoms with van der Waals surface area (Å²) in [5.41, 5.74) is 1.02. The van der Waals surface area contributed by atoms with Gasteiger partial charge in [0.2, 0.25) is 11.8 Å². The lowest BCUT2D eigenvalue weighted by molar-refractivity contribution is -0.140. The van der Waals surface area contributed by atoms with Crippen LogP contribution in [0.5, 0.6) is 0 Å². The second-order valence-electron chi connectivity index (χ2n) is 4.54. The van der Waals surface area contributed by atoms with Crippen LogP contribution in [0.2, 0.25) is 0 Å². The topological polar surface area (TPSA) is 37.4 Å². The zero-order valence-electron chi connectivity index (χ0n) is 8.93. The molecule has 0 spiro atoms. The Kier molecular flexibility index (Phi) is 2.06. The summed E-state index contributed by atoms with van der Waals surface area (Å²) in [6.07, 6.45) is 1.78. The van der Waals surface area contributed by atoms with Gasteiger partial charge in [-0.05, 0) is 18.4 Å². The van der Waals surface area contributed by atoms with Crippen molar-refractivity contribution in [3.8, 4) is 0 Å². The molecule has 2 aliphatic rings. The molecule has 2 fully saturated rings. The summed E-state index contributed by atoms with van der Waals surface area (Å²) >= 11 is 0. The molecule has 0 radical (unpaired) electrons. The van der Waals surface area contributed by atoms with Crippen molar-refractivity contribution in [2.24, 2.45) is 11.8 Å². The number of amides is 2. The molecule has 1 aromatic rings. The van der Waals surface area contributed by atoms with Gasteiger partial charge in [-0.15, -0.1) is 0 Å². The summed E-state index contributed by atoms with van der Waals surface area (Å²) in [6, 6.07) is 9.67. The van der Waals surface area contributed by atoms with Crippen molar-refractivity contribution in [1.29, 1.82) is 0 Å². The van der Waals surface area contributed by atoms with E-state index in [0.29, 0.717) is 6.54 Å². The van der Waals surface area contributed by atoms with Gasteiger partial charge < -0.3 is 0 Å². The molecule has 3 rings (SSSR count). The molecule has 1 aliphatic heterocycles. The SMILES string of the molecule is O=C1[C@H]2CC[C@H]2C(=O)N1Cc1ccccc1. The highest BCUT2D eigenvalue weighted by molar-refractivity contribution is 6.06. The van der Waals surface area contributed by atoms with Gasteiger partial charge in [0, 0.05) is 0 Å². The molecule has 1 aliphatic carbocycles. The van der Waals surface area contributed by atoms with Crippen LogP contribution in [0.15, 0.2) is 30.3 Å². The van der Waals surface area contributed by atoms with E-state index in [1.54, 1.807) is 0 Å². The number of likely N-dealkylation sites (tertiary alicyclic amines) is 1. The molecular formula is C13H13NO2. The van der Waals surface area contributed by atoms with Crippen LogP contribution in [0.1, 0.15) is 18.4 Å². The minimum absolute atomic E-state index is 0.00351. The zero-order chi connectivity index (χ0) is 11.1. The van der Waals surface area contributed by atoms with Gasteiger partial charge in [0.15, 0.2) is 0 Å². The summed E-state index contributed by atoms with van der Waals surface area (Å²) in [5, 5.41) is 0. The molecule has 1 heterocycles. The summed E-state index contributed by atoms with van der Waals surface area (Å²) < 4.78 is 0. The van der Waals surface area contributed by atoms with Crippen molar-refractivity contribution in [3.63, 3.8) is 0 Å². The fraction of sp³-hybridized carbons (Fsp3) is 0.385. The van der Waals surface area contributed by atoms with E-state index in [1.165, 1.54) is 4.90 Å². The largest absolute Gasteiger partial charge is 0.278 e. The Labute approximate surface area is 94.1 Å². The second-order valence-corrected chi connectivity index (χ2v) is 4.54. The predicted octanol–water partition coefficient (Wildman–Crippen LogP) is 1.58. The van der Waals surface area contributed by atoms with Crippen molar-refractivity contribution in [2.75, 3.05) is 0 Å². The van der Waals surface area contributed by atoms with Crippen molar-refractivity contribution >= 4 is 11.8 Å². The molecule has 3 heteroatoms. The minimum atomic E-state index is -0.00351. The van der Waals surface area contributed by atoms with E-state index in [2.05, 4.69) is 0 Å². The average molecular weight is 215 g/mol. The lowest BCUT2D eigenvalue weighted by Gasteiger charge is -2.24. The van der Waals surface area contributed by atoms with Crippen molar-refractivity contribution in [1.82, 2.24) is 4.90 Å². The molecule has 0 bridgehead atoms. The fourth-order valence-electron chi connectivity index (χ4n) is 2.52. The van der Waals surface area contributed by atoms with Crippen molar-refractivity contribution in [3.05, 3.63) is 35.9 Å². The number of hydrogen-bond acceptors (Lipinski definition) is 2. The lowest BCUT2D eigenvalue weighted by Crippen LogP contribution is -2.29. The van der Waals surface area contributed by atoms with Gasteiger partial charge in [-0.3, -0.25) is 14.5 Å². The van der Waals surface area contributed by atoms with Gasteiger partial charge >= 0.3 is 0 Å². The molecule has 1 saturated carbocycles. The molecule has 2 atom stereocenters. The highest BCUT2D eigenvalue weighted by Gasteiger charge is 2.52. The van der Waals surface area contributed by atoms with Crippen molar-refractivity contribution < 1.29 is 9.59 Å². The number of fused-ring (bicyclic) bond motifs is 1. The van der Waals surface area contributed by atoms with Crippen LogP contribution in [0.3, 0.4) is 0 Å². The van der Waals surface area contributed by atoms with E-state index in [-0.39, 0.29) is 23.7 Å². The fourth-order valence-corrected chi connectivity index (χ4v) is 2.52. The van der Waals surface area contributed by atoms with E-state index in [4.69, 9.17) is 0 Å². The number of rotatable bonds is 2. The van der Waals surface area contributed by atoms with Crippen LogP contribution < -0.4 is 0 Å². The Morgan fingerprint density at radius 3 is 2.06 bits per heavy atom. The summed E-state index contributed by atoms with van der Waals surface area (Å²) in [6.45, 7) is 0.436. The molecule has 0 aromatic heterocycles. The van der Waals surface area contributed by atoms with Crippen LogP contribution in [0.4, 0.5) is 0 Å². The number of nitrogens with zero attached hydrogens (tertiary/aromatic N) is 1. The number of carbonyl (C=O) groups excluding carboxylic acids is 2. The molecule has 0 unspecified atom stereocenters. The standard InChI is InChI=1S/C13H13NO2/c15-12-10-6-7-11(10)13(16)14(12)8-9-4-2-1-3-5-9/h1-5,10-11H,6-8H2/t10-,11+. The third kappa shape index (κ3) is 1.28. The summed E-state index contributed by atoms with van der Waals surface area (Å²) in [7, 11) is 0. The third-order valence-corrected chi connectivity index (χ3v) is 3.62. The van der Waals surface area contributed by atoms with E-state index >= 15 is 0 Å². The Morgan fingerprint density at radius 2 is 1.56 bits per heavy atom. The number of hydrogen-bond donors (Lipinski definition) is 0. The highest BCUT2D eigenvalue weighted by Crippen LogP contribution is 2.42. The van der Waals surface area contributed by atoms with Crippen molar-refractivity contribution in [2.45, 2.75) is 19.4 Å². The molecule has 1 saturated heterocycles. The lowest BCUT2D eigenvalue weighted by atomic mass is 9.76. The average Bonchev–Trinajstić information content (AvgIpc) is 2.39. The van der Waals surface area contributed by atoms with Crippen LogP contribution in [-0.2, 0) is 16.1 Å². The van der Waals surface area contributed by atoms with Gasteiger partial charge in [0.25, 0.3) is 0 Å². The Morgan fingerprint density at radius 1 is 1.00 bits per heavy atom. The maximum atomic E-state index is 11.9. The summed E-state index contributed by atoms with van der Waals surface area (Å²) in [4.78, 5) is 25.2. The van der Waals surface area contributed by atoms with Crippen LogP contribution in [0.25, 0.3) is 0 Å². The first-order valence-corrected chi connectivity index (χ1v) is 5.66. The van der Waals surface area contributed by atoms with Crippen LogP contribution in [-0.4, -0.2) is 16.7 Å². The number of carbonyl (C=O) groups is 2. The molecule has 2 amide bonds. The Balaban J connectivity index is 1.81. The monoisotopic (exact) mass is 215 g/mol. The molecule has 82 valence electrons. The highest BCUT2D eigenvalue weighted by atomic mass is 16.2. The number of benzene rings is 1. The van der Waals surface area contributed by atoms with E-state index in [9.17, 15) is 9.59 Å². The molecule has 3 nitrogen and oxygen atoms in total. The van der Waals surface area contributed by atoms with Crippen LogP contribution in [0, 0.1) is 11.8 Å². The number of imide groups is 1.